The Morgan fingerprint density at radius 3 is 2.75 bits per heavy atom. The first-order chi connectivity index (χ1) is 7.77. The van der Waals surface area contributed by atoms with Crippen LogP contribution in [0.1, 0.15) is 32.1 Å². The molecule has 1 amide bonds. The highest BCUT2D eigenvalue weighted by Crippen LogP contribution is 2.35. The van der Waals surface area contributed by atoms with E-state index in [2.05, 4.69) is 0 Å². The van der Waals surface area contributed by atoms with Gasteiger partial charge in [0.25, 0.3) is 0 Å². The minimum absolute atomic E-state index is 0.292. The number of rotatable bonds is 2. The average molecular weight is 225 g/mol. The van der Waals surface area contributed by atoms with Crippen LogP contribution in [0, 0.1) is 5.92 Å². The molecule has 0 N–H and O–H groups in total. The second kappa shape index (κ2) is 4.00. The number of nitrogens with zero attached hydrogens (tertiary/aromatic N) is 1. The molecule has 1 saturated carbocycles. The van der Waals surface area contributed by atoms with Gasteiger partial charge in [-0.05, 0) is 25.2 Å². The number of ether oxygens (including phenoxy) is 2. The smallest absolute Gasteiger partial charge is 0.223 e. The fourth-order valence-electron chi connectivity index (χ4n) is 2.63. The predicted molar refractivity (Wildman–Crippen MR) is 57.8 cm³/mol. The Kier molecular flexibility index (Phi) is 2.64. The van der Waals surface area contributed by atoms with Gasteiger partial charge in [-0.15, -0.1) is 0 Å². The third-order valence-electron chi connectivity index (χ3n) is 3.74. The van der Waals surface area contributed by atoms with Crippen molar-refractivity contribution in [3.05, 3.63) is 0 Å². The Morgan fingerprint density at radius 2 is 2.06 bits per heavy atom. The Morgan fingerprint density at radius 1 is 1.31 bits per heavy atom. The van der Waals surface area contributed by atoms with Gasteiger partial charge in [0.15, 0.2) is 5.79 Å². The molecule has 1 spiro atoms. The highest BCUT2D eigenvalue weighted by molar-refractivity contribution is 5.77. The number of hydrogen-bond acceptors (Lipinski definition) is 3. The molecule has 16 heavy (non-hydrogen) atoms. The number of likely N-dealkylation sites (tertiary alicyclic amines) is 1. The van der Waals surface area contributed by atoms with Crippen molar-refractivity contribution in [1.82, 2.24) is 4.90 Å². The Bertz CT molecular complexity index is 282. The Balaban J connectivity index is 1.60. The van der Waals surface area contributed by atoms with Crippen molar-refractivity contribution in [1.29, 1.82) is 0 Å². The molecule has 90 valence electrons. The summed E-state index contributed by atoms with van der Waals surface area (Å²) in [6.45, 7) is 2.86. The van der Waals surface area contributed by atoms with Crippen molar-refractivity contribution in [2.24, 2.45) is 5.92 Å². The molecule has 2 aliphatic heterocycles. The van der Waals surface area contributed by atoms with Crippen molar-refractivity contribution in [2.75, 3.05) is 26.3 Å². The van der Waals surface area contributed by atoms with E-state index in [1.807, 2.05) is 4.90 Å². The number of hydrogen-bond donors (Lipinski definition) is 0. The van der Waals surface area contributed by atoms with E-state index in [0.717, 1.165) is 25.8 Å². The molecule has 0 aromatic heterocycles. The summed E-state index contributed by atoms with van der Waals surface area (Å²) < 4.78 is 11.3. The van der Waals surface area contributed by atoms with Crippen LogP contribution < -0.4 is 0 Å². The van der Waals surface area contributed by atoms with Crippen molar-refractivity contribution in [3.8, 4) is 0 Å². The molecule has 0 aromatic carbocycles. The van der Waals surface area contributed by atoms with Crippen LogP contribution in [0.2, 0.25) is 0 Å². The topological polar surface area (TPSA) is 38.8 Å². The first-order valence-electron chi connectivity index (χ1n) is 6.33. The van der Waals surface area contributed by atoms with Gasteiger partial charge in [0.1, 0.15) is 0 Å². The first-order valence-corrected chi connectivity index (χ1v) is 6.33. The molecular weight excluding hydrogens is 206 g/mol. The zero-order valence-corrected chi connectivity index (χ0v) is 9.61. The van der Waals surface area contributed by atoms with E-state index in [0.29, 0.717) is 31.6 Å². The largest absolute Gasteiger partial charge is 0.346 e. The molecule has 0 unspecified atom stereocenters. The minimum Gasteiger partial charge on any atom is -0.346 e. The molecule has 0 bridgehead atoms. The molecule has 1 aliphatic carbocycles. The lowest BCUT2D eigenvalue weighted by molar-refractivity contribution is -0.193. The maximum absolute atomic E-state index is 12.0. The maximum Gasteiger partial charge on any atom is 0.223 e. The summed E-state index contributed by atoms with van der Waals surface area (Å²) in [5, 5.41) is 0. The van der Waals surface area contributed by atoms with Crippen molar-refractivity contribution < 1.29 is 14.3 Å². The Labute approximate surface area is 95.9 Å². The van der Waals surface area contributed by atoms with Crippen LogP contribution in [-0.4, -0.2) is 42.9 Å². The van der Waals surface area contributed by atoms with Crippen LogP contribution in [0.5, 0.6) is 0 Å². The van der Waals surface area contributed by atoms with E-state index in [9.17, 15) is 4.79 Å². The molecule has 2 heterocycles. The zero-order chi connectivity index (χ0) is 11.0. The summed E-state index contributed by atoms with van der Waals surface area (Å²) in [5.74, 6) is 0.494. The SMILES string of the molecule is O=C(CC1CC1)N1CCCC2(C1)OCCO2. The molecule has 4 heteroatoms. The summed E-state index contributed by atoms with van der Waals surface area (Å²) in [5.41, 5.74) is 0. The fourth-order valence-corrected chi connectivity index (χ4v) is 2.63. The summed E-state index contributed by atoms with van der Waals surface area (Å²) >= 11 is 0. The molecule has 3 fully saturated rings. The highest BCUT2D eigenvalue weighted by atomic mass is 16.7. The number of carbonyl (C=O) groups excluding carboxylic acids is 1. The summed E-state index contributed by atoms with van der Waals surface area (Å²) in [7, 11) is 0. The number of carbonyl (C=O) groups is 1. The average Bonchev–Trinajstić information content (AvgIpc) is 3.00. The second-order valence-corrected chi connectivity index (χ2v) is 5.17. The predicted octanol–water partition coefficient (Wildman–Crippen LogP) is 1.15. The van der Waals surface area contributed by atoms with Crippen LogP contribution in [0.3, 0.4) is 0 Å². The monoisotopic (exact) mass is 225 g/mol. The van der Waals surface area contributed by atoms with Gasteiger partial charge in [-0.1, -0.05) is 0 Å². The molecule has 4 nitrogen and oxygen atoms in total. The summed E-state index contributed by atoms with van der Waals surface area (Å²) in [6, 6.07) is 0. The first kappa shape index (κ1) is 10.5. The molecule has 2 saturated heterocycles. The van der Waals surface area contributed by atoms with Crippen LogP contribution in [-0.2, 0) is 14.3 Å². The van der Waals surface area contributed by atoms with E-state index in [4.69, 9.17) is 9.47 Å². The van der Waals surface area contributed by atoms with Gasteiger partial charge >= 0.3 is 0 Å². The van der Waals surface area contributed by atoms with Crippen LogP contribution in [0.15, 0.2) is 0 Å². The maximum atomic E-state index is 12.0. The lowest BCUT2D eigenvalue weighted by atomic mass is 10.0. The number of piperidine rings is 1. The molecule has 0 aromatic rings. The quantitative estimate of drug-likeness (QED) is 0.707. The molecule has 3 aliphatic rings. The van der Waals surface area contributed by atoms with Gasteiger partial charge in [0.2, 0.25) is 5.91 Å². The third-order valence-corrected chi connectivity index (χ3v) is 3.74. The van der Waals surface area contributed by atoms with E-state index >= 15 is 0 Å². The molecule has 0 radical (unpaired) electrons. The van der Waals surface area contributed by atoms with Gasteiger partial charge in [-0.2, -0.15) is 0 Å². The molecular formula is C12H19NO3. The molecule has 3 rings (SSSR count). The van der Waals surface area contributed by atoms with Gasteiger partial charge in [0, 0.05) is 19.4 Å². The molecule has 0 atom stereocenters. The standard InChI is InChI=1S/C12H19NO3/c14-11(8-10-2-3-10)13-5-1-4-12(9-13)15-6-7-16-12/h10H,1-9H2. The number of amides is 1. The zero-order valence-electron chi connectivity index (χ0n) is 9.61. The van der Waals surface area contributed by atoms with Crippen molar-refractivity contribution >= 4 is 5.91 Å². The van der Waals surface area contributed by atoms with E-state index in [1.54, 1.807) is 0 Å². The van der Waals surface area contributed by atoms with Crippen molar-refractivity contribution in [3.63, 3.8) is 0 Å². The van der Waals surface area contributed by atoms with Crippen LogP contribution >= 0.6 is 0 Å². The second-order valence-electron chi connectivity index (χ2n) is 5.17. The summed E-state index contributed by atoms with van der Waals surface area (Å²) in [4.78, 5) is 13.9. The van der Waals surface area contributed by atoms with Crippen LogP contribution in [0.4, 0.5) is 0 Å². The van der Waals surface area contributed by atoms with E-state index in [-0.39, 0.29) is 0 Å². The van der Waals surface area contributed by atoms with Crippen molar-refractivity contribution in [2.45, 2.75) is 37.9 Å². The van der Waals surface area contributed by atoms with Gasteiger partial charge in [0.05, 0.1) is 19.8 Å². The van der Waals surface area contributed by atoms with Gasteiger partial charge < -0.3 is 14.4 Å². The minimum atomic E-state index is -0.461. The Hall–Kier alpha value is -0.610. The van der Waals surface area contributed by atoms with Gasteiger partial charge in [-0.25, -0.2) is 0 Å². The lowest BCUT2D eigenvalue weighted by Gasteiger charge is -2.38. The highest BCUT2D eigenvalue weighted by Gasteiger charge is 2.42. The van der Waals surface area contributed by atoms with E-state index in [1.165, 1.54) is 12.8 Å². The third kappa shape index (κ3) is 2.09. The normalized spacial score (nSPS) is 28.6. The lowest BCUT2D eigenvalue weighted by Crippen LogP contribution is -2.51. The van der Waals surface area contributed by atoms with Crippen LogP contribution in [0.25, 0.3) is 0 Å². The van der Waals surface area contributed by atoms with Gasteiger partial charge in [-0.3, -0.25) is 4.79 Å². The van der Waals surface area contributed by atoms with E-state index < -0.39 is 5.79 Å². The summed E-state index contributed by atoms with van der Waals surface area (Å²) in [6.07, 6.45) is 5.13. The fraction of sp³-hybridized carbons (Fsp3) is 0.917.